The molecule has 0 aromatic carbocycles. The number of hydrogen-bond donors (Lipinski definition) is 1. The highest BCUT2D eigenvalue weighted by atomic mass is 32.1. The molecular weight excluding hydrogens is 192 g/mol. The van der Waals surface area contributed by atoms with E-state index in [-0.39, 0.29) is 0 Å². The Kier molecular flexibility index (Phi) is 4.32. The molecule has 3 atom stereocenters. The number of piperidine rings is 1. The van der Waals surface area contributed by atoms with E-state index < -0.39 is 0 Å². The Morgan fingerprint density at radius 3 is 2.36 bits per heavy atom. The Balaban J connectivity index is 2.40. The molecule has 82 valence electrons. The van der Waals surface area contributed by atoms with Gasteiger partial charge in [0, 0.05) is 25.6 Å². The number of thiocarbonyl (C=S) groups is 1. The largest absolute Gasteiger partial charge is 0.393 e. The van der Waals surface area contributed by atoms with Crippen LogP contribution in [0.4, 0.5) is 0 Å². The topological polar surface area (TPSA) is 29.3 Å². The van der Waals surface area contributed by atoms with Gasteiger partial charge in [0.1, 0.15) is 0 Å². The van der Waals surface area contributed by atoms with Crippen LogP contribution in [0.1, 0.15) is 27.2 Å². The molecule has 1 aliphatic rings. The van der Waals surface area contributed by atoms with E-state index in [2.05, 4.69) is 25.7 Å². The normalized spacial score (nSPS) is 31.4. The van der Waals surface area contributed by atoms with Crippen LogP contribution < -0.4 is 5.73 Å². The fraction of sp³-hybridized carbons (Fsp3) is 0.909. The minimum atomic E-state index is 0.350. The third kappa shape index (κ3) is 3.54. The van der Waals surface area contributed by atoms with Gasteiger partial charge in [-0.15, -0.1) is 0 Å². The minimum Gasteiger partial charge on any atom is -0.393 e. The lowest BCUT2D eigenvalue weighted by molar-refractivity contribution is 0.134. The average molecular weight is 214 g/mol. The fourth-order valence-electron chi connectivity index (χ4n) is 2.42. The van der Waals surface area contributed by atoms with Crippen LogP contribution in [0.5, 0.6) is 0 Å². The van der Waals surface area contributed by atoms with Gasteiger partial charge in [0.15, 0.2) is 0 Å². The van der Waals surface area contributed by atoms with Crippen molar-refractivity contribution in [2.75, 3.05) is 19.6 Å². The molecule has 0 aromatic rings. The highest BCUT2D eigenvalue weighted by molar-refractivity contribution is 7.80. The fourth-order valence-corrected chi connectivity index (χ4v) is 2.49. The van der Waals surface area contributed by atoms with E-state index in [1.54, 1.807) is 0 Å². The smallest absolute Gasteiger partial charge is 0.0768 e. The molecule has 0 bridgehead atoms. The van der Waals surface area contributed by atoms with Crippen LogP contribution in [0.3, 0.4) is 0 Å². The zero-order valence-electron chi connectivity index (χ0n) is 9.49. The summed E-state index contributed by atoms with van der Waals surface area (Å²) in [5.41, 5.74) is 5.63. The Labute approximate surface area is 92.8 Å². The summed E-state index contributed by atoms with van der Waals surface area (Å²) in [7, 11) is 0. The van der Waals surface area contributed by atoms with Gasteiger partial charge >= 0.3 is 0 Å². The second-order valence-electron chi connectivity index (χ2n) is 4.97. The molecule has 14 heavy (non-hydrogen) atoms. The highest BCUT2D eigenvalue weighted by Gasteiger charge is 2.23. The van der Waals surface area contributed by atoms with Crippen molar-refractivity contribution >= 4 is 17.2 Å². The van der Waals surface area contributed by atoms with Crippen LogP contribution in [0.2, 0.25) is 0 Å². The molecule has 1 aliphatic heterocycles. The third-order valence-corrected chi connectivity index (χ3v) is 3.36. The van der Waals surface area contributed by atoms with E-state index in [1.165, 1.54) is 19.5 Å². The molecule has 0 aromatic heterocycles. The zero-order valence-corrected chi connectivity index (χ0v) is 10.3. The first kappa shape index (κ1) is 11.9. The van der Waals surface area contributed by atoms with Gasteiger partial charge in [0.25, 0.3) is 0 Å². The Morgan fingerprint density at radius 1 is 1.43 bits per heavy atom. The Hall–Kier alpha value is -0.150. The SMILES string of the molecule is CC1CC(C)CN(CC(C)C(N)=S)C1. The molecule has 2 nitrogen and oxygen atoms in total. The van der Waals surface area contributed by atoms with E-state index in [0.29, 0.717) is 10.9 Å². The first-order chi connectivity index (χ1) is 6.49. The van der Waals surface area contributed by atoms with Crippen LogP contribution in [0, 0.1) is 17.8 Å². The van der Waals surface area contributed by atoms with Crippen LogP contribution in [-0.4, -0.2) is 29.5 Å². The lowest BCUT2D eigenvalue weighted by Gasteiger charge is -2.36. The number of nitrogens with two attached hydrogens (primary N) is 1. The number of nitrogens with zero attached hydrogens (tertiary/aromatic N) is 1. The number of rotatable bonds is 3. The maximum absolute atomic E-state index is 5.63. The highest BCUT2D eigenvalue weighted by Crippen LogP contribution is 2.21. The Morgan fingerprint density at radius 2 is 1.93 bits per heavy atom. The van der Waals surface area contributed by atoms with Crippen LogP contribution in [0.25, 0.3) is 0 Å². The summed E-state index contributed by atoms with van der Waals surface area (Å²) >= 11 is 5.00. The second kappa shape index (κ2) is 5.08. The molecule has 2 N–H and O–H groups in total. The van der Waals surface area contributed by atoms with Gasteiger partial charge in [-0.05, 0) is 18.3 Å². The predicted molar refractivity (Wildman–Crippen MR) is 65.3 cm³/mol. The van der Waals surface area contributed by atoms with Gasteiger partial charge in [-0.3, -0.25) is 0 Å². The van der Waals surface area contributed by atoms with E-state index in [0.717, 1.165) is 18.4 Å². The molecule has 3 unspecified atom stereocenters. The van der Waals surface area contributed by atoms with Gasteiger partial charge in [0.05, 0.1) is 4.99 Å². The summed E-state index contributed by atoms with van der Waals surface area (Å²) in [6.45, 7) is 10.2. The van der Waals surface area contributed by atoms with E-state index in [4.69, 9.17) is 18.0 Å². The molecule has 0 saturated carbocycles. The minimum absolute atomic E-state index is 0.350. The van der Waals surface area contributed by atoms with Crippen molar-refractivity contribution < 1.29 is 0 Å². The predicted octanol–water partition coefficient (Wildman–Crippen LogP) is 1.89. The van der Waals surface area contributed by atoms with Crippen LogP contribution in [-0.2, 0) is 0 Å². The van der Waals surface area contributed by atoms with E-state index in [1.807, 2.05) is 0 Å². The molecule has 0 amide bonds. The van der Waals surface area contributed by atoms with Gasteiger partial charge in [-0.1, -0.05) is 33.0 Å². The molecule has 1 saturated heterocycles. The van der Waals surface area contributed by atoms with Crippen molar-refractivity contribution in [3.8, 4) is 0 Å². The maximum Gasteiger partial charge on any atom is 0.0768 e. The van der Waals surface area contributed by atoms with Crippen LogP contribution >= 0.6 is 12.2 Å². The lowest BCUT2D eigenvalue weighted by Crippen LogP contribution is -2.42. The van der Waals surface area contributed by atoms with Gasteiger partial charge < -0.3 is 10.6 Å². The summed E-state index contributed by atoms with van der Waals surface area (Å²) in [5.74, 6) is 1.98. The number of likely N-dealkylation sites (tertiary alicyclic amines) is 1. The third-order valence-electron chi connectivity index (χ3n) is 2.96. The molecule has 0 spiro atoms. The summed E-state index contributed by atoms with van der Waals surface area (Å²) in [4.78, 5) is 3.15. The molecule has 1 rings (SSSR count). The quantitative estimate of drug-likeness (QED) is 0.728. The van der Waals surface area contributed by atoms with Gasteiger partial charge in [0.2, 0.25) is 0 Å². The van der Waals surface area contributed by atoms with Crippen molar-refractivity contribution in [1.29, 1.82) is 0 Å². The first-order valence-electron chi connectivity index (χ1n) is 5.50. The average Bonchev–Trinajstić information content (AvgIpc) is 2.01. The second-order valence-corrected chi connectivity index (χ2v) is 5.44. The van der Waals surface area contributed by atoms with E-state index in [9.17, 15) is 0 Å². The summed E-state index contributed by atoms with van der Waals surface area (Å²) in [5, 5.41) is 0. The summed E-state index contributed by atoms with van der Waals surface area (Å²) < 4.78 is 0. The molecule has 0 radical (unpaired) electrons. The molecule has 1 fully saturated rings. The summed E-state index contributed by atoms with van der Waals surface area (Å²) in [6, 6.07) is 0. The van der Waals surface area contributed by atoms with Crippen molar-refractivity contribution in [2.24, 2.45) is 23.5 Å². The molecular formula is C11H22N2S. The van der Waals surface area contributed by atoms with Gasteiger partial charge in [-0.2, -0.15) is 0 Å². The molecule has 3 heteroatoms. The number of hydrogen-bond acceptors (Lipinski definition) is 2. The molecule has 1 heterocycles. The van der Waals surface area contributed by atoms with Crippen molar-refractivity contribution in [1.82, 2.24) is 4.90 Å². The van der Waals surface area contributed by atoms with Crippen molar-refractivity contribution in [3.63, 3.8) is 0 Å². The van der Waals surface area contributed by atoms with Crippen molar-refractivity contribution in [3.05, 3.63) is 0 Å². The lowest BCUT2D eigenvalue weighted by atomic mass is 9.91. The standard InChI is InChI=1S/C11H22N2S/c1-8-4-9(2)6-13(5-8)7-10(3)11(12)14/h8-10H,4-7H2,1-3H3,(H2,12,14). The van der Waals surface area contributed by atoms with Gasteiger partial charge in [-0.25, -0.2) is 0 Å². The van der Waals surface area contributed by atoms with Crippen LogP contribution in [0.15, 0.2) is 0 Å². The summed E-state index contributed by atoms with van der Waals surface area (Å²) in [6.07, 6.45) is 1.36. The molecule has 0 aliphatic carbocycles. The first-order valence-corrected chi connectivity index (χ1v) is 5.91. The monoisotopic (exact) mass is 214 g/mol. The zero-order chi connectivity index (χ0) is 10.7. The van der Waals surface area contributed by atoms with Crippen molar-refractivity contribution in [2.45, 2.75) is 27.2 Å². The van der Waals surface area contributed by atoms with E-state index >= 15 is 0 Å². The maximum atomic E-state index is 5.63. The Bertz CT molecular complexity index is 195.